The third-order valence-electron chi connectivity index (χ3n) is 8.38. The van der Waals surface area contributed by atoms with E-state index >= 15 is 0 Å². The molecule has 0 bridgehead atoms. The van der Waals surface area contributed by atoms with Gasteiger partial charge in [0.05, 0.1) is 0 Å². The molecule has 2 saturated heterocycles. The number of amides is 4. The van der Waals surface area contributed by atoms with Crippen LogP contribution in [0.5, 0.6) is 0 Å². The normalized spacial score (nSPS) is 23.1. The first-order valence-corrected chi connectivity index (χ1v) is 14.8. The molecule has 2 aliphatic heterocycles. The third-order valence-corrected chi connectivity index (χ3v) is 8.38. The van der Waals surface area contributed by atoms with E-state index in [-0.39, 0.29) is 31.1 Å². The standard InChI is InChI=1S/C34H35N5O4/c40-31-27(18-22-10-3-1-4-11-22)37-33(42)30-16-9-17-39(30)34(43)29(19-23-12-5-2-6-13-23)38-32(41)28(36-31)20-24-21-35-26-15-8-7-14-25(24)26/h1-8,10-15,21,27-30,35H,9,16-20H2,(H,36,40)(H,37,42)(H,38,41)/t27-,28-,29-,30?/m1/s1. The molecule has 1 unspecified atom stereocenters. The van der Waals surface area contributed by atoms with E-state index in [9.17, 15) is 19.2 Å². The number of nitrogens with one attached hydrogen (secondary N) is 4. The van der Waals surface area contributed by atoms with Crippen molar-refractivity contribution in [2.24, 2.45) is 0 Å². The number of rotatable bonds is 6. The molecule has 2 aliphatic rings. The number of benzene rings is 3. The molecule has 4 amide bonds. The Kier molecular flexibility index (Phi) is 8.22. The smallest absolute Gasteiger partial charge is 0.246 e. The number of fused-ring (bicyclic) bond motifs is 2. The average molecular weight is 578 g/mol. The molecule has 0 saturated carbocycles. The Morgan fingerprint density at radius 3 is 1.88 bits per heavy atom. The summed E-state index contributed by atoms with van der Waals surface area (Å²) in [6.45, 7) is 0.409. The SMILES string of the molecule is O=C1N[C@H](Cc2ccccc2)C(=O)N[C@H](Cc2c[nH]c3ccccc23)C(=O)N[C@H](Cc2ccccc2)C(=O)N2CCCC12. The van der Waals surface area contributed by atoms with Gasteiger partial charge in [-0.05, 0) is 35.6 Å². The summed E-state index contributed by atoms with van der Waals surface area (Å²) in [5.41, 5.74) is 3.53. The fourth-order valence-corrected chi connectivity index (χ4v) is 6.15. The van der Waals surface area contributed by atoms with Crippen molar-refractivity contribution >= 4 is 34.5 Å². The number of H-pyrrole nitrogens is 1. The summed E-state index contributed by atoms with van der Waals surface area (Å²) in [7, 11) is 0. The molecule has 4 N–H and O–H groups in total. The minimum absolute atomic E-state index is 0.201. The molecule has 2 fully saturated rings. The number of hydrogen-bond acceptors (Lipinski definition) is 4. The lowest BCUT2D eigenvalue weighted by Crippen LogP contribution is -2.62. The van der Waals surface area contributed by atoms with Crippen LogP contribution in [0.1, 0.15) is 29.5 Å². The van der Waals surface area contributed by atoms with Crippen LogP contribution in [0.15, 0.2) is 91.1 Å². The Morgan fingerprint density at radius 1 is 0.628 bits per heavy atom. The van der Waals surface area contributed by atoms with Crippen LogP contribution < -0.4 is 16.0 Å². The fourth-order valence-electron chi connectivity index (χ4n) is 6.15. The van der Waals surface area contributed by atoms with Gasteiger partial charge in [0.2, 0.25) is 23.6 Å². The number of aromatic nitrogens is 1. The van der Waals surface area contributed by atoms with E-state index in [4.69, 9.17) is 0 Å². The summed E-state index contributed by atoms with van der Waals surface area (Å²) in [4.78, 5) is 60.3. The van der Waals surface area contributed by atoms with E-state index in [2.05, 4.69) is 20.9 Å². The number of carbonyl (C=O) groups is 4. The lowest BCUT2D eigenvalue weighted by Gasteiger charge is -2.32. The van der Waals surface area contributed by atoms with Gasteiger partial charge in [-0.3, -0.25) is 19.2 Å². The minimum atomic E-state index is -0.984. The molecule has 3 aromatic carbocycles. The van der Waals surface area contributed by atoms with Gasteiger partial charge in [-0.2, -0.15) is 0 Å². The second-order valence-corrected chi connectivity index (χ2v) is 11.3. The van der Waals surface area contributed by atoms with Crippen LogP contribution in [0.4, 0.5) is 0 Å². The monoisotopic (exact) mass is 577 g/mol. The quantitative estimate of drug-likeness (QED) is 0.281. The third kappa shape index (κ3) is 6.30. The van der Waals surface area contributed by atoms with Gasteiger partial charge in [0.1, 0.15) is 24.2 Å². The van der Waals surface area contributed by atoms with E-state index in [0.29, 0.717) is 19.4 Å². The van der Waals surface area contributed by atoms with Gasteiger partial charge < -0.3 is 25.8 Å². The maximum atomic E-state index is 14.0. The van der Waals surface area contributed by atoms with E-state index in [1.165, 1.54) is 0 Å². The Labute approximate surface area is 250 Å². The second-order valence-electron chi connectivity index (χ2n) is 11.3. The van der Waals surface area contributed by atoms with Crippen LogP contribution in [0.3, 0.4) is 0 Å². The van der Waals surface area contributed by atoms with Crippen molar-refractivity contribution in [1.82, 2.24) is 25.8 Å². The van der Waals surface area contributed by atoms with Crippen LogP contribution in [0.25, 0.3) is 10.9 Å². The Bertz CT molecular complexity index is 1620. The number of para-hydroxylation sites is 1. The molecule has 9 heteroatoms. The molecule has 6 rings (SSSR count). The topological polar surface area (TPSA) is 123 Å². The highest BCUT2D eigenvalue weighted by molar-refractivity contribution is 5.98. The van der Waals surface area contributed by atoms with Gasteiger partial charge in [-0.15, -0.1) is 0 Å². The largest absolute Gasteiger partial charge is 0.361 e. The maximum Gasteiger partial charge on any atom is 0.246 e. The van der Waals surface area contributed by atoms with Crippen molar-refractivity contribution in [3.8, 4) is 0 Å². The van der Waals surface area contributed by atoms with E-state index < -0.39 is 36.0 Å². The first-order chi connectivity index (χ1) is 21.0. The lowest BCUT2D eigenvalue weighted by atomic mass is 9.99. The van der Waals surface area contributed by atoms with Gasteiger partial charge in [0, 0.05) is 42.9 Å². The Balaban J connectivity index is 1.36. The van der Waals surface area contributed by atoms with Gasteiger partial charge in [-0.1, -0.05) is 78.9 Å². The molecule has 0 radical (unpaired) electrons. The van der Waals surface area contributed by atoms with Crippen molar-refractivity contribution in [2.45, 2.75) is 56.3 Å². The predicted molar refractivity (Wildman–Crippen MR) is 163 cm³/mol. The first-order valence-electron chi connectivity index (χ1n) is 14.8. The molecular formula is C34H35N5O4. The summed E-state index contributed by atoms with van der Waals surface area (Å²) >= 11 is 0. The van der Waals surface area contributed by atoms with E-state index in [1.807, 2.05) is 91.1 Å². The van der Waals surface area contributed by atoms with E-state index in [1.54, 1.807) is 4.90 Å². The molecule has 3 heterocycles. The molecule has 9 nitrogen and oxygen atoms in total. The number of carbonyl (C=O) groups excluding carboxylic acids is 4. The number of nitrogens with zero attached hydrogens (tertiary/aromatic N) is 1. The predicted octanol–water partition coefficient (Wildman–Crippen LogP) is 2.65. The zero-order valence-corrected chi connectivity index (χ0v) is 23.8. The molecule has 220 valence electrons. The lowest BCUT2D eigenvalue weighted by molar-refractivity contribution is -0.143. The van der Waals surface area contributed by atoms with Crippen molar-refractivity contribution in [3.05, 3.63) is 108 Å². The van der Waals surface area contributed by atoms with Crippen LogP contribution in [0.2, 0.25) is 0 Å². The van der Waals surface area contributed by atoms with Crippen molar-refractivity contribution in [3.63, 3.8) is 0 Å². The summed E-state index contributed by atoms with van der Waals surface area (Å²) < 4.78 is 0. The van der Waals surface area contributed by atoms with Gasteiger partial charge >= 0.3 is 0 Å². The van der Waals surface area contributed by atoms with Crippen LogP contribution >= 0.6 is 0 Å². The molecule has 4 atom stereocenters. The summed E-state index contributed by atoms with van der Waals surface area (Å²) in [5.74, 6) is -1.56. The highest BCUT2D eigenvalue weighted by atomic mass is 16.2. The van der Waals surface area contributed by atoms with Crippen LogP contribution in [-0.4, -0.2) is 64.2 Å². The Hall–Kier alpha value is -4.92. The Morgan fingerprint density at radius 2 is 1.19 bits per heavy atom. The van der Waals surface area contributed by atoms with Crippen LogP contribution in [0, 0.1) is 0 Å². The van der Waals surface area contributed by atoms with E-state index in [0.717, 1.165) is 27.6 Å². The molecule has 0 spiro atoms. The molecular weight excluding hydrogens is 542 g/mol. The summed E-state index contributed by atoms with van der Waals surface area (Å²) in [6, 6.07) is 23.1. The molecule has 43 heavy (non-hydrogen) atoms. The van der Waals surface area contributed by atoms with Gasteiger partial charge in [-0.25, -0.2) is 0 Å². The second kappa shape index (κ2) is 12.5. The number of hydrogen-bond donors (Lipinski definition) is 4. The fraction of sp³-hybridized carbons (Fsp3) is 0.294. The highest BCUT2D eigenvalue weighted by Crippen LogP contribution is 2.22. The highest BCUT2D eigenvalue weighted by Gasteiger charge is 2.40. The average Bonchev–Trinajstić information content (AvgIpc) is 3.68. The number of aromatic amines is 1. The zero-order valence-electron chi connectivity index (χ0n) is 23.8. The van der Waals surface area contributed by atoms with Crippen LogP contribution in [-0.2, 0) is 38.4 Å². The molecule has 0 aliphatic carbocycles. The molecule has 4 aromatic rings. The first kappa shape index (κ1) is 28.2. The van der Waals surface area contributed by atoms with Gasteiger partial charge in [0.15, 0.2) is 0 Å². The van der Waals surface area contributed by atoms with Crippen molar-refractivity contribution in [1.29, 1.82) is 0 Å². The molecule has 1 aromatic heterocycles. The minimum Gasteiger partial charge on any atom is -0.361 e. The summed E-state index contributed by atoms with van der Waals surface area (Å²) in [6.07, 6.45) is 3.70. The summed E-state index contributed by atoms with van der Waals surface area (Å²) in [5, 5.41) is 9.78. The van der Waals surface area contributed by atoms with Gasteiger partial charge in [0.25, 0.3) is 0 Å². The maximum absolute atomic E-state index is 14.0. The zero-order chi connectivity index (χ0) is 29.8. The van der Waals surface area contributed by atoms with Crippen molar-refractivity contribution < 1.29 is 19.2 Å². The van der Waals surface area contributed by atoms with Crippen molar-refractivity contribution in [2.75, 3.05) is 6.54 Å².